The molecule has 1 aromatic carbocycles. The number of hydrogen-bond donors (Lipinski definition) is 1. The predicted octanol–water partition coefficient (Wildman–Crippen LogP) is 2.73. The van der Waals surface area contributed by atoms with Gasteiger partial charge in [-0.3, -0.25) is 0 Å². The SMILES string of the molecule is c1cc(CNc2nnc(-c3ccc4c(c3)OCO4)o2)n2ccnc2c1. The number of imidazole rings is 1. The Labute approximate surface area is 142 Å². The lowest BCUT2D eigenvalue weighted by Crippen LogP contribution is -2.04. The number of fused-ring (bicyclic) bond motifs is 2. The van der Waals surface area contributed by atoms with Crippen LogP contribution in [0.1, 0.15) is 5.69 Å². The van der Waals surface area contributed by atoms with E-state index in [1.165, 1.54) is 0 Å². The molecule has 8 heteroatoms. The third-order valence-corrected chi connectivity index (χ3v) is 3.98. The first-order valence-electron chi connectivity index (χ1n) is 7.75. The smallest absolute Gasteiger partial charge is 0.316 e. The van der Waals surface area contributed by atoms with Crippen molar-refractivity contribution in [3.63, 3.8) is 0 Å². The Morgan fingerprint density at radius 3 is 3.04 bits per heavy atom. The Morgan fingerprint density at radius 1 is 1.08 bits per heavy atom. The zero-order chi connectivity index (χ0) is 16.6. The minimum Gasteiger partial charge on any atom is -0.454 e. The second-order valence-electron chi connectivity index (χ2n) is 5.51. The van der Waals surface area contributed by atoms with E-state index in [4.69, 9.17) is 13.9 Å². The molecular formula is C17H13N5O3. The van der Waals surface area contributed by atoms with E-state index < -0.39 is 0 Å². The van der Waals surface area contributed by atoms with Gasteiger partial charge < -0.3 is 23.6 Å². The van der Waals surface area contributed by atoms with Crippen LogP contribution in [0.3, 0.4) is 0 Å². The Balaban J connectivity index is 1.35. The van der Waals surface area contributed by atoms with Crippen molar-refractivity contribution in [3.8, 4) is 23.0 Å². The first-order valence-corrected chi connectivity index (χ1v) is 7.75. The maximum Gasteiger partial charge on any atom is 0.316 e. The van der Waals surface area contributed by atoms with Crippen molar-refractivity contribution >= 4 is 11.7 Å². The Kier molecular flexibility index (Phi) is 3.06. The number of nitrogens with one attached hydrogen (secondary N) is 1. The molecule has 0 radical (unpaired) electrons. The van der Waals surface area contributed by atoms with Crippen LogP contribution in [0.15, 0.2) is 53.2 Å². The van der Waals surface area contributed by atoms with Gasteiger partial charge in [0.25, 0.3) is 0 Å². The number of nitrogens with zero attached hydrogens (tertiary/aromatic N) is 4. The first-order chi connectivity index (χ1) is 12.4. The number of benzene rings is 1. The molecule has 1 aliphatic rings. The summed E-state index contributed by atoms with van der Waals surface area (Å²) in [5.74, 6) is 1.81. The summed E-state index contributed by atoms with van der Waals surface area (Å²) in [6.07, 6.45) is 3.68. The normalized spacial score (nSPS) is 12.6. The zero-order valence-corrected chi connectivity index (χ0v) is 13.0. The second kappa shape index (κ2) is 5.52. The van der Waals surface area contributed by atoms with E-state index in [0.717, 1.165) is 22.7 Å². The zero-order valence-electron chi connectivity index (χ0n) is 13.0. The molecule has 3 aromatic heterocycles. The van der Waals surface area contributed by atoms with Crippen LogP contribution in [-0.2, 0) is 6.54 Å². The number of rotatable bonds is 4. The van der Waals surface area contributed by atoms with Crippen molar-refractivity contribution in [1.82, 2.24) is 19.6 Å². The van der Waals surface area contributed by atoms with Crippen molar-refractivity contribution in [2.75, 3.05) is 12.1 Å². The number of hydrogen-bond acceptors (Lipinski definition) is 7. The minimum absolute atomic E-state index is 0.231. The molecule has 4 heterocycles. The highest BCUT2D eigenvalue weighted by atomic mass is 16.7. The van der Waals surface area contributed by atoms with Crippen LogP contribution in [0, 0.1) is 0 Å². The van der Waals surface area contributed by atoms with Crippen LogP contribution < -0.4 is 14.8 Å². The topological polar surface area (TPSA) is 86.7 Å². The van der Waals surface area contributed by atoms with E-state index in [2.05, 4.69) is 20.5 Å². The van der Waals surface area contributed by atoms with Gasteiger partial charge in [0.1, 0.15) is 5.65 Å². The molecule has 124 valence electrons. The second-order valence-corrected chi connectivity index (χ2v) is 5.51. The minimum atomic E-state index is 0.231. The summed E-state index contributed by atoms with van der Waals surface area (Å²) in [4.78, 5) is 4.27. The third kappa shape index (κ3) is 2.44. The van der Waals surface area contributed by atoms with Gasteiger partial charge in [-0.2, -0.15) is 0 Å². The third-order valence-electron chi connectivity index (χ3n) is 3.98. The summed E-state index contributed by atoms with van der Waals surface area (Å²) in [6, 6.07) is 11.8. The molecule has 0 spiro atoms. The number of aromatic nitrogens is 4. The van der Waals surface area contributed by atoms with Crippen LogP contribution in [0.2, 0.25) is 0 Å². The molecule has 25 heavy (non-hydrogen) atoms. The summed E-state index contributed by atoms with van der Waals surface area (Å²) in [5, 5.41) is 11.3. The highest BCUT2D eigenvalue weighted by Gasteiger charge is 2.16. The van der Waals surface area contributed by atoms with Crippen LogP contribution in [0.4, 0.5) is 6.01 Å². The fraction of sp³-hybridized carbons (Fsp3) is 0.118. The average Bonchev–Trinajstić information content (AvgIpc) is 3.38. The van der Waals surface area contributed by atoms with E-state index >= 15 is 0 Å². The van der Waals surface area contributed by atoms with Gasteiger partial charge in [0.15, 0.2) is 11.5 Å². The van der Waals surface area contributed by atoms with Crippen molar-refractivity contribution in [2.24, 2.45) is 0 Å². The molecule has 0 saturated carbocycles. The maximum absolute atomic E-state index is 5.69. The quantitative estimate of drug-likeness (QED) is 0.613. The monoisotopic (exact) mass is 335 g/mol. The van der Waals surface area contributed by atoms with Gasteiger partial charge >= 0.3 is 6.01 Å². The molecule has 1 N–H and O–H groups in total. The molecule has 5 rings (SSSR count). The first kappa shape index (κ1) is 13.8. The van der Waals surface area contributed by atoms with Gasteiger partial charge in [-0.25, -0.2) is 4.98 Å². The molecule has 0 amide bonds. The lowest BCUT2D eigenvalue weighted by atomic mass is 10.2. The molecular weight excluding hydrogens is 322 g/mol. The summed E-state index contributed by atoms with van der Waals surface area (Å²) in [5.41, 5.74) is 2.71. The molecule has 0 saturated heterocycles. The number of anilines is 1. The van der Waals surface area contributed by atoms with Crippen molar-refractivity contribution < 1.29 is 13.9 Å². The van der Waals surface area contributed by atoms with Gasteiger partial charge in [0.2, 0.25) is 12.7 Å². The summed E-state index contributed by atoms with van der Waals surface area (Å²) in [6.45, 7) is 0.770. The highest BCUT2D eigenvalue weighted by molar-refractivity contribution is 5.60. The van der Waals surface area contributed by atoms with E-state index in [1.807, 2.05) is 47.0 Å². The molecule has 0 atom stereocenters. The van der Waals surface area contributed by atoms with E-state index in [9.17, 15) is 0 Å². The van der Waals surface area contributed by atoms with Gasteiger partial charge in [-0.15, -0.1) is 5.10 Å². The van der Waals surface area contributed by atoms with Gasteiger partial charge in [0, 0.05) is 23.7 Å². The van der Waals surface area contributed by atoms with Crippen LogP contribution >= 0.6 is 0 Å². The molecule has 0 aliphatic carbocycles. The number of pyridine rings is 1. The summed E-state index contributed by atoms with van der Waals surface area (Å²) in [7, 11) is 0. The van der Waals surface area contributed by atoms with Gasteiger partial charge in [-0.1, -0.05) is 11.2 Å². The fourth-order valence-corrected chi connectivity index (χ4v) is 2.76. The molecule has 8 nitrogen and oxygen atoms in total. The number of ether oxygens (including phenoxy) is 2. The average molecular weight is 335 g/mol. The Morgan fingerprint density at radius 2 is 2.04 bits per heavy atom. The van der Waals surface area contributed by atoms with Crippen molar-refractivity contribution in [1.29, 1.82) is 0 Å². The largest absolute Gasteiger partial charge is 0.454 e. The fourth-order valence-electron chi connectivity index (χ4n) is 2.76. The van der Waals surface area contributed by atoms with E-state index in [1.54, 1.807) is 6.20 Å². The van der Waals surface area contributed by atoms with Crippen LogP contribution in [0.25, 0.3) is 17.1 Å². The van der Waals surface area contributed by atoms with Crippen molar-refractivity contribution in [3.05, 3.63) is 54.5 Å². The molecule has 0 unspecified atom stereocenters. The standard InChI is InChI=1S/C17H13N5O3/c1-2-12(22-7-6-18-15(22)3-1)9-19-17-21-20-16(25-17)11-4-5-13-14(8-11)24-10-23-13/h1-8H,9-10H2,(H,19,21). The maximum atomic E-state index is 5.69. The molecule has 1 aliphatic heterocycles. The Hall–Kier alpha value is -3.55. The highest BCUT2D eigenvalue weighted by Crippen LogP contribution is 2.35. The predicted molar refractivity (Wildman–Crippen MR) is 88.4 cm³/mol. The lowest BCUT2D eigenvalue weighted by molar-refractivity contribution is 0.174. The van der Waals surface area contributed by atoms with Gasteiger partial charge in [-0.05, 0) is 30.3 Å². The summed E-state index contributed by atoms with van der Waals surface area (Å²) < 4.78 is 18.4. The lowest BCUT2D eigenvalue weighted by Gasteiger charge is -2.05. The molecule has 0 fully saturated rings. The van der Waals surface area contributed by atoms with Crippen LogP contribution in [-0.4, -0.2) is 26.4 Å². The van der Waals surface area contributed by atoms with Crippen molar-refractivity contribution in [2.45, 2.75) is 6.54 Å². The molecule has 4 aromatic rings. The van der Waals surface area contributed by atoms with E-state index in [-0.39, 0.29) is 6.79 Å². The van der Waals surface area contributed by atoms with Crippen LogP contribution in [0.5, 0.6) is 11.5 Å². The summed E-state index contributed by atoms with van der Waals surface area (Å²) >= 11 is 0. The van der Waals surface area contributed by atoms with Gasteiger partial charge in [0.05, 0.1) is 6.54 Å². The van der Waals surface area contributed by atoms with E-state index in [0.29, 0.717) is 24.2 Å². The Bertz CT molecular complexity index is 1060. The molecule has 0 bridgehead atoms.